The van der Waals surface area contributed by atoms with E-state index in [9.17, 15) is 14.9 Å². The van der Waals surface area contributed by atoms with Gasteiger partial charge < -0.3 is 10.1 Å². The molecule has 1 aliphatic carbocycles. The van der Waals surface area contributed by atoms with Crippen molar-refractivity contribution >= 4 is 11.6 Å². The predicted octanol–water partition coefficient (Wildman–Crippen LogP) is 3.30. The average Bonchev–Trinajstić information content (AvgIpc) is 2.50. The predicted molar refractivity (Wildman–Crippen MR) is 83.2 cm³/mol. The van der Waals surface area contributed by atoms with Gasteiger partial charge in [-0.15, -0.1) is 0 Å². The molecule has 6 nitrogen and oxygen atoms in total. The minimum absolute atomic E-state index is 0.145. The first-order valence-electron chi connectivity index (χ1n) is 7.75. The van der Waals surface area contributed by atoms with Crippen molar-refractivity contribution in [2.75, 3.05) is 6.61 Å². The van der Waals surface area contributed by atoms with Crippen LogP contribution in [0, 0.1) is 16.0 Å². The van der Waals surface area contributed by atoms with Crippen LogP contribution in [-0.4, -0.2) is 23.5 Å². The third kappa shape index (κ3) is 3.75. The summed E-state index contributed by atoms with van der Waals surface area (Å²) in [7, 11) is 0. The highest BCUT2D eigenvalue weighted by molar-refractivity contribution is 5.95. The monoisotopic (exact) mass is 306 g/mol. The van der Waals surface area contributed by atoms with Gasteiger partial charge in [-0.1, -0.05) is 19.8 Å². The fraction of sp³-hybridized carbons (Fsp3) is 0.562. The van der Waals surface area contributed by atoms with E-state index in [1.54, 1.807) is 13.0 Å². The van der Waals surface area contributed by atoms with E-state index < -0.39 is 4.92 Å². The van der Waals surface area contributed by atoms with Crippen LogP contribution in [0.2, 0.25) is 0 Å². The van der Waals surface area contributed by atoms with Gasteiger partial charge in [-0.05, 0) is 37.8 Å². The molecule has 6 heteroatoms. The van der Waals surface area contributed by atoms with Crippen molar-refractivity contribution in [3.05, 3.63) is 33.9 Å². The van der Waals surface area contributed by atoms with Crippen LogP contribution in [0.15, 0.2) is 18.2 Å². The molecule has 0 aliphatic heterocycles. The summed E-state index contributed by atoms with van der Waals surface area (Å²) in [5.41, 5.74) is 0.124. The van der Waals surface area contributed by atoms with Crippen LogP contribution in [-0.2, 0) is 0 Å². The number of amides is 1. The SMILES string of the molecule is CCOc1ccc(C(=O)N[C@@H]2CCCC[C@H]2C)cc1[N+](=O)[O-]. The molecule has 1 fully saturated rings. The van der Waals surface area contributed by atoms with Crippen LogP contribution >= 0.6 is 0 Å². The quantitative estimate of drug-likeness (QED) is 0.668. The maximum absolute atomic E-state index is 12.3. The molecule has 0 saturated heterocycles. The Balaban J connectivity index is 2.15. The molecular weight excluding hydrogens is 284 g/mol. The number of nitro groups is 1. The zero-order chi connectivity index (χ0) is 16.1. The Bertz CT molecular complexity index is 559. The third-order valence-corrected chi connectivity index (χ3v) is 4.15. The van der Waals surface area contributed by atoms with E-state index in [-0.39, 0.29) is 23.4 Å². The van der Waals surface area contributed by atoms with Gasteiger partial charge in [0.25, 0.3) is 5.91 Å². The van der Waals surface area contributed by atoms with Gasteiger partial charge in [0, 0.05) is 17.7 Å². The highest BCUT2D eigenvalue weighted by Crippen LogP contribution is 2.29. The van der Waals surface area contributed by atoms with Crippen molar-refractivity contribution in [1.29, 1.82) is 0 Å². The summed E-state index contributed by atoms with van der Waals surface area (Å²) in [6.07, 6.45) is 4.38. The fourth-order valence-corrected chi connectivity index (χ4v) is 2.86. The summed E-state index contributed by atoms with van der Waals surface area (Å²) in [6, 6.07) is 4.49. The Morgan fingerprint density at radius 3 is 2.77 bits per heavy atom. The van der Waals surface area contributed by atoms with E-state index in [1.807, 2.05) is 0 Å². The molecule has 0 aromatic heterocycles. The van der Waals surface area contributed by atoms with E-state index in [0.29, 0.717) is 18.1 Å². The first-order valence-corrected chi connectivity index (χ1v) is 7.75. The minimum Gasteiger partial charge on any atom is -0.487 e. The zero-order valence-corrected chi connectivity index (χ0v) is 13.0. The average molecular weight is 306 g/mol. The molecule has 1 amide bonds. The Kier molecular flexibility index (Phi) is 5.35. The Hall–Kier alpha value is -2.11. The maximum atomic E-state index is 12.3. The number of rotatable bonds is 5. The number of hydrogen-bond acceptors (Lipinski definition) is 4. The highest BCUT2D eigenvalue weighted by atomic mass is 16.6. The first-order chi connectivity index (χ1) is 10.5. The van der Waals surface area contributed by atoms with Crippen LogP contribution in [0.25, 0.3) is 0 Å². The first kappa shape index (κ1) is 16.3. The smallest absolute Gasteiger partial charge is 0.311 e. The van der Waals surface area contributed by atoms with Gasteiger partial charge in [-0.25, -0.2) is 0 Å². The summed E-state index contributed by atoms with van der Waals surface area (Å²) in [5.74, 6) is 0.371. The molecule has 0 spiro atoms. The lowest BCUT2D eigenvalue weighted by atomic mass is 9.86. The van der Waals surface area contributed by atoms with E-state index in [0.717, 1.165) is 19.3 Å². The molecule has 2 atom stereocenters. The molecule has 1 aromatic carbocycles. The van der Waals surface area contributed by atoms with Gasteiger partial charge in [0.2, 0.25) is 0 Å². The number of hydrogen-bond donors (Lipinski definition) is 1. The molecule has 1 aliphatic rings. The van der Waals surface area contributed by atoms with Crippen molar-refractivity contribution in [3.8, 4) is 5.75 Å². The third-order valence-electron chi connectivity index (χ3n) is 4.15. The number of ether oxygens (including phenoxy) is 1. The molecule has 1 N–H and O–H groups in total. The van der Waals surface area contributed by atoms with Gasteiger partial charge in [-0.3, -0.25) is 14.9 Å². The van der Waals surface area contributed by atoms with Crippen LogP contribution in [0.4, 0.5) is 5.69 Å². The Morgan fingerprint density at radius 2 is 2.14 bits per heavy atom. The normalized spacial score (nSPS) is 21.2. The lowest BCUT2D eigenvalue weighted by molar-refractivity contribution is -0.385. The molecule has 0 heterocycles. The van der Waals surface area contributed by atoms with Crippen LogP contribution < -0.4 is 10.1 Å². The van der Waals surface area contributed by atoms with E-state index in [1.165, 1.54) is 18.6 Å². The highest BCUT2D eigenvalue weighted by Gasteiger charge is 2.24. The van der Waals surface area contributed by atoms with Gasteiger partial charge in [0.1, 0.15) is 0 Å². The molecule has 2 rings (SSSR count). The second-order valence-corrected chi connectivity index (χ2v) is 5.71. The van der Waals surface area contributed by atoms with Gasteiger partial charge in [0.15, 0.2) is 5.75 Å². The second kappa shape index (κ2) is 7.24. The summed E-state index contributed by atoms with van der Waals surface area (Å²) < 4.78 is 5.23. The minimum atomic E-state index is -0.523. The van der Waals surface area contributed by atoms with E-state index in [4.69, 9.17) is 4.74 Å². The summed E-state index contributed by atoms with van der Waals surface area (Å²) in [4.78, 5) is 22.9. The van der Waals surface area contributed by atoms with Crippen LogP contribution in [0.5, 0.6) is 5.75 Å². The van der Waals surface area contributed by atoms with Crippen LogP contribution in [0.1, 0.15) is 49.9 Å². The van der Waals surface area contributed by atoms with Crippen molar-refractivity contribution in [2.45, 2.75) is 45.6 Å². The molecule has 0 bridgehead atoms. The number of carbonyl (C=O) groups is 1. The second-order valence-electron chi connectivity index (χ2n) is 5.71. The Labute approximate surface area is 130 Å². The van der Waals surface area contributed by atoms with Crippen molar-refractivity contribution in [1.82, 2.24) is 5.32 Å². The van der Waals surface area contributed by atoms with Crippen molar-refractivity contribution in [2.24, 2.45) is 5.92 Å². The van der Waals surface area contributed by atoms with Gasteiger partial charge in [-0.2, -0.15) is 0 Å². The summed E-state index contributed by atoms with van der Waals surface area (Å²) in [5, 5.41) is 14.1. The molecular formula is C16H22N2O4. The number of carbonyl (C=O) groups excluding carboxylic acids is 1. The molecule has 1 saturated carbocycles. The number of nitrogens with zero attached hydrogens (tertiary/aromatic N) is 1. The number of benzene rings is 1. The van der Waals surface area contributed by atoms with Crippen molar-refractivity contribution in [3.63, 3.8) is 0 Å². The molecule has 1 aromatic rings. The fourth-order valence-electron chi connectivity index (χ4n) is 2.86. The lowest BCUT2D eigenvalue weighted by Crippen LogP contribution is -2.41. The van der Waals surface area contributed by atoms with Crippen LogP contribution in [0.3, 0.4) is 0 Å². The van der Waals surface area contributed by atoms with Gasteiger partial charge >= 0.3 is 5.69 Å². The standard InChI is InChI=1S/C16H22N2O4/c1-3-22-15-9-8-12(10-14(15)18(20)21)16(19)17-13-7-5-4-6-11(13)2/h8-11,13H,3-7H2,1-2H3,(H,17,19)/t11-,13-/m1/s1. The topological polar surface area (TPSA) is 81.5 Å². The van der Waals surface area contributed by atoms with E-state index >= 15 is 0 Å². The zero-order valence-electron chi connectivity index (χ0n) is 13.0. The summed E-state index contributed by atoms with van der Waals surface area (Å²) in [6.45, 7) is 4.23. The number of nitrogens with one attached hydrogen (secondary N) is 1. The number of nitro benzene ring substituents is 1. The largest absolute Gasteiger partial charge is 0.487 e. The summed E-state index contributed by atoms with van der Waals surface area (Å²) >= 11 is 0. The lowest BCUT2D eigenvalue weighted by Gasteiger charge is -2.29. The molecule has 0 radical (unpaired) electrons. The molecule has 22 heavy (non-hydrogen) atoms. The molecule has 120 valence electrons. The Morgan fingerprint density at radius 1 is 1.41 bits per heavy atom. The van der Waals surface area contributed by atoms with E-state index in [2.05, 4.69) is 12.2 Å². The maximum Gasteiger partial charge on any atom is 0.311 e. The molecule has 0 unspecified atom stereocenters. The van der Waals surface area contributed by atoms with Gasteiger partial charge in [0.05, 0.1) is 11.5 Å². The van der Waals surface area contributed by atoms with Crippen molar-refractivity contribution < 1.29 is 14.5 Å².